The highest BCUT2D eigenvalue weighted by molar-refractivity contribution is 8.00. The quantitative estimate of drug-likeness (QED) is 0.779. The molecule has 0 aromatic carbocycles. The number of nitrogens with one attached hydrogen (secondary N) is 1. The Kier molecular flexibility index (Phi) is 5.18. The predicted molar refractivity (Wildman–Crippen MR) is 62.9 cm³/mol. The van der Waals surface area contributed by atoms with Crippen LogP contribution in [0.15, 0.2) is 29.4 Å². The molecule has 0 aliphatic rings. The van der Waals surface area contributed by atoms with E-state index in [9.17, 15) is 4.79 Å². The molecule has 1 heterocycles. The summed E-state index contributed by atoms with van der Waals surface area (Å²) in [6.45, 7) is 4.07. The van der Waals surface area contributed by atoms with Gasteiger partial charge in [-0.2, -0.15) is 0 Å². The Labute approximate surface area is 94.7 Å². The van der Waals surface area contributed by atoms with E-state index in [0.29, 0.717) is 5.75 Å². The van der Waals surface area contributed by atoms with Crippen molar-refractivity contribution in [1.82, 2.24) is 10.3 Å². The zero-order valence-electron chi connectivity index (χ0n) is 9.06. The summed E-state index contributed by atoms with van der Waals surface area (Å²) in [5, 5.41) is 2.92. The van der Waals surface area contributed by atoms with E-state index in [4.69, 9.17) is 0 Å². The number of nitrogens with zero attached hydrogens (tertiary/aromatic N) is 1. The summed E-state index contributed by atoms with van der Waals surface area (Å²) in [7, 11) is 0. The van der Waals surface area contributed by atoms with Crippen molar-refractivity contribution in [3.8, 4) is 0 Å². The molecule has 3 nitrogen and oxygen atoms in total. The minimum absolute atomic E-state index is 0.0890. The second-order valence-corrected chi connectivity index (χ2v) is 4.40. The van der Waals surface area contributed by atoms with Gasteiger partial charge in [-0.1, -0.05) is 6.92 Å². The van der Waals surface area contributed by atoms with Gasteiger partial charge in [0.05, 0.1) is 5.75 Å². The third-order valence-corrected chi connectivity index (χ3v) is 3.05. The van der Waals surface area contributed by atoms with Crippen molar-refractivity contribution in [2.45, 2.75) is 31.2 Å². The van der Waals surface area contributed by atoms with Gasteiger partial charge in [0.25, 0.3) is 0 Å². The Bertz CT molecular complexity index is 303. The lowest BCUT2D eigenvalue weighted by molar-refractivity contribution is -0.119. The fourth-order valence-electron chi connectivity index (χ4n) is 1.00. The second kappa shape index (κ2) is 6.45. The average molecular weight is 224 g/mol. The number of aromatic nitrogens is 1. The van der Waals surface area contributed by atoms with Gasteiger partial charge >= 0.3 is 0 Å². The Balaban J connectivity index is 2.29. The monoisotopic (exact) mass is 224 g/mol. The van der Waals surface area contributed by atoms with Crippen LogP contribution in [0.4, 0.5) is 0 Å². The second-order valence-electron chi connectivity index (χ2n) is 3.35. The first-order valence-electron chi connectivity index (χ1n) is 5.04. The standard InChI is InChI=1S/C11H16N2OS/c1-3-9(2)13-11(14)8-15-10-4-6-12-7-5-10/h4-7,9H,3,8H2,1-2H3,(H,13,14)/t9-/m1/s1. The van der Waals surface area contributed by atoms with E-state index in [1.807, 2.05) is 19.1 Å². The normalized spacial score (nSPS) is 12.1. The van der Waals surface area contributed by atoms with Crippen molar-refractivity contribution in [2.75, 3.05) is 5.75 Å². The maximum absolute atomic E-state index is 11.4. The van der Waals surface area contributed by atoms with E-state index in [0.717, 1.165) is 11.3 Å². The molecule has 1 N–H and O–H groups in total. The molecule has 0 fully saturated rings. The minimum Gasteiger partial charge on any atom is -0.353 e. The Hall–Kier alpha value is -1.03. The molecule has 0 spiro atoms. The summed E-state index contributed by atoms with van der Waals surface area (Å²) < 4.78 is 0. The number of hydrogen-bond donors (Lipinski definition) is 1. The van der Waals surface area contributed by atoms with Crippen LogP contribution in [0.5, 0.6) is 0 Å². The SMILES string of the molecule is CC[C@@H](C)NC(=O)CSc1ccncc1. The fraction of sp³-hybridized carbons (Fsp3) is 0.455. The minimum atomic E-state index is 0.0890. The Morgan fingerprint density at radius 1 is 1.53 bits per heavy atom. The van der Waals surface area contributed by atoms with E-state index in [1.54, 1.807) is 12.4 Å². The predicted octanol–water partition coefficient (Wildman–Crippen LogP) is 2.09. The first-order chi connectivity index (χ1) is 7.22. The molecule has 1 aromatic rings. The molecule has 0 saturated carbocycles. The summed E-state index contributed by atoms with van der Waals surface area (Å²) >= 11 is 1.53. The van der Waals surface area contributed by atoms with Crippen molar-refractivity contribution in [2.24, 2.45) is 0 Å². The molecular weight excluding hydrogens is 208 g/mol. The van der Waals surface area contributed by atoms with Gasteiger partial charge in [0.15, 0.2) is 0 Å². The highest BCUT2D eigenvalue weighted by Crippen LogP contribution is 2.15. The van der Waals surface area contributed by atoms with E-state index in [-0.39, 0.29) is 11.9 Å². The van der Waals surface area contributed by atoms with Crippen LogP contribution in [0.3, 0.4) is 0 Å². The molecule has 15 heavy (non-hydrogen) atoms. The van der Waals surface area contributed by atoms with Gasteiger partial charge in [-0.3, -0.25) is 9.78 Å². The molecule has 0 unspecified atom stereocenters. The summed E-state index contributed by atoms with van der Waals surface area (Å²) in [5.41, 5.74) is 0. The first kappa shape index (κ1) is 12.0. The third kappa shape index (κ3) is 4.83. The molecule has 1 atom stereocenters. The smallest absolute Gasteiger partial charge is 0.230 e. The molecule has 0 aliphatic heterocycles. The van der Waals surface area contributed by atoms with Gasteiger partial charge in [0, 0.05) is 23.3 Å². The summed E-state index contributed by atoms with van der Waals surface area (Å²) in [6.07, 6.45) is 4.43. The number of carbonyl (C=O) groups is 1. The van der Waals surface area contributed by atoms with Gasteiger partial charge in [-0.05, 0) is 25.5 Å². The van der Waals surface area contributed by atoms with E-state index < -0.39 is 0 Å². The maximum atomic E-state index is 11.4. The summed E-state index contributed by atoms with van der Waals surface area (Å²) in [5.74, 6) is 0.556. The third-order valence-electron chi connectivity index (χ3n) is 2.04. The van der Waals surface area contributed by atoms with E-state index in [1.165, 1.54) is 11.8 Å². The zero-order valence-corrected chi connectivity index (χ0v) is 9.88. The summed E-state index contributed by atoms with van der Waals surface area (Å²) in [6, 6.07) is 4.07. The number of rotatable bonds is 5. The molecule has 4 heteroatoms. The fourth-order valence-corrected chi connectivity index (χ4v) is 1.70. The van der Waals surface area contributed by atoms with Crippen LogP contribution in [0.25, 0.3) is 0 Å². The van der Waals surface area contributed by atoms with Crippen molar-refractivity contribution >= 4 is 17.7 Å². The molecule has 1 aromatic heterocycles. The Morgan fingerprint density at radius 2 is 2.20 bits per heavy atom. The molecule has 82 valence electrons. The number of thioether (sulfide) groups is 1. The van der Waals surface area contributed by atoms with E-state index >= 15 is 0 Å². The van der Waals surface area contributed by atoms with Crippen LogP contribution in [-0.2, 0) is 4.79 Å². The topological polar surface area (TPSA) is 42.0 Å². The first-order valence-corrected chi connectivity index (χ1v) is 6.03. The largest absolute Gasteiger partial charge is 0.353 e. The van der Waals surface area contributed by atoms with Crippen molar-refractivity contribution in [1.29, 1.82) is 0 Å². The molecule has 0 saturated heterocycles. The van der Waals surface area contributed by atoms with Gasteiger partial charge in [-0.15, -0.1) is 11.8 Å². The number of carbonyl (C=O) groups excluding carboxylic acids is 1. The van der Waals surface area contributed by atoms with Crippen molar-refractivity contribution < 1.29 is 4.79 Å². The molecular formula is C11H16N2OS. The molecule has 1 rings (SSSR count). The maximum Gasteiger partial charge on any atom is 0.230 e. The summed E-state index contributed by atoms with van der Waals surface area (Å²) in [4.78, 5) is 16.4. The van der Waals surface area contributed by atoms with Crippen LogP contribution < -0.4 is 5.32 Å². The van der Waals surface area contributed by atoms with Gasteiger partial charge in [0.1, 0.15) is 0 Å². The van der Waals surface area contributed by atoms with Crippen LogP contribution in [0.1, 0.15) is 20.3 Å². The van der Waals surface area contributed by atoms with Gasteiger partial charge in [-0.25, -0.2) is 0 Å². The van der Waals surface area contributed by atoms with Gasteiger partial charge in [0.2, 0.25) is 5.91 Å². The van der Waals surface area contributed by atoms with Crippen molar-refractivity contribution in [3.05, 3.63) is 24.5 Å². The lowest BCUT2D eigenvalue weighted by Gasteiger charge is -2.10. The molecule has 0 radical (unpaired) electrons. The van der Waals surface area contributed by atoms with Crippen LogP contribution >= 0.6 is 11.8 Å². The van der Waals surface area contributed by atoms with Crippen LogP contribution in [0, 0.1) is 0 Å². The van der Waals surface area contributed by atoms with Gasteiger partial charge < -0.3 is 5.32 Å². The highest BCUT2D eigenvalue weighted by Gasteiger charge is 2.05. The zero-order chi connectivity index (χ0) is 11.1. The highest BCUT2D eigenvalue weighted by atomic mass is 32.2. The number of hydrogen-bond acceptors (Lipinski definition) is 3. The van der Waals surface area contributed by atoms with Crippen molar-refractivity contribution in [3.63, 3.8) is 0 Å². The van der Waals surface area contributed by atoms with Crippen LogP contribution in [-0.4, -0.2) is 22.7 Å². The number of pyridine rings is 1. The number of amides is 1. The van der Waals surface area contributed by atoms with E-state index in [2.05, 4.69) is 17.2 Å². The average Bonchev–Trinajstić information content (AvgIpc) is 2.27. The Morgan fingerprint density at radius 3 is 2.80 bits per heavy atom. The lowest BCUT2D eigenvalue weighted by Crippen LogP contribution is -2.33. The lowest BCUT2D eigenvalue weighted by atomic mass is 10.3. The molecule has 0 aliphatic carbocycles. The van der Waals surface area contributed by atoms with Crippen LogP contribution in [0.2, 0.25) is 0 Å². The molecule has 0 bridgehead atoms. The molecule has 1 amide bonds.